The number of fused-ring (bicyclic) bond motifs is 2. The van der Waals surface area contributed by atoms with Gasteiger partial charge in [-0.2, -0.15) is 0 Å². The zero-order valence-corrected chi connectivity index (χ0v) is 13.6. The highest BCUT2D eigenvalue weighted by Gasteiger charge is 2.68. The van der Waals surface area contributed by atoms with Crippen molar-refractivity contribution in [3.05, 3.63) is 35.9 Å². The second-order valence-corrected chi connectivity index (χ2v) is 7.93. The van der Waals surface area contributed by atoms with Gasteiger partial charge in [-0.25, -0.2) is 0 Å². The number of carboxylic acids is 1. The minimum absolute atomic E-state index is 0.0249. The van der Waals surface area contributed by atoms with Gasteiger partial charge in [0.15, 0.2) is 0 Å². The van der Waals surface area contributed by atoms with Gasteiger partial charge in [0, 0.05) is 0 Å². The molecule has 5 atom stereocenters. The predicted molar refractivity (Wildman–Crippen MR) is 85.2 cm³/mol. The number of rotatable bonds is 4. The minimum Gasteiger partial charge on any atom is -0.481 e. The predicted octanol–water partition coefficient (Wildman–Crippen LogP) is 3.88. The molecule has 2 aliphatic carbocycles. The van der Waals surface area contributed by atoms with E-state index in [2.05, 4.69) is 20.8 Å². The number of hydrogen-bond donors (Lipinski definition) is 2. The van der Waals surface area contributed by atoms with Gasteiger partial charge in [-0.05, 0) is 47.5 Å². The van der Waals surface area contributed by atoms with Crippen LogP contribution in [0.1, 0.15) is 51.7 Å². The number of aliphatic hydroxyl groups is 1. The lowest BCUT2D eigenvalue weighted by Crippen LogP contribution is -2.38. The first-order chi connectivity index (χ1) is 10.3. The summed E-state index contributed by atoms with van der Waals surface area (Å²) < 4.78 is 0. The van der Waals surface area contributed by atoms with Gasteiger partial charge in [0.2, 0.25) is 0 Å². The molecule has 0 unspecified atom stereocenters. The lowest BCUT2D eigenvalue weighted by Gasteiger charge is -2.38. The Balaban J connectivity index is 1.88. The highest BCUT2D eigenvalue weighted by molar-refractivity contribution is 5.73. The van der Waals surface area contributed by atoms with Crippen LogP contribution in [0, 0.1) is 28.6 Å². The van der Waals surface area contributed by atoms with Crippen LogP contribution in [0.2, 0.25) is 0 Å². The first kappa shape index (κ1) is 15.5. The van der Waals surface area contributed by atoms with Crippen molar-refractivity contribution in [1.82, 2.24) is 0 Å². The van der Waals surface area contributed by atoms with E-state index in [4.69, 9.17) is 0 Å². The molecule has 0 radical (unpaired) electrons. The lowest BCUT2D eigenvalue weighted by atomic mass is 9.65. The zero-order valence-electron chi connectivity index (χ0n) is 13.6. The number of carboxylic acid groups (broad SMARTS) is 1. The molecule has 0 aromatic heterocycles. The zero-order chi connectivity index (χ0) is 16.1. The molecule has 0 aliphatic heterocycles. The monoisotopic (exact) mass is 302 g/mol. The van der Waals surface area contributed by atoms with Crippen LogP contribution in [-0.4, -0.2) is 16.2 Å². The van der Waals surface area contributed by atoms with Crippen molar-refractivity contribution in [3.63, 3.8) is 0 Å². The molecule has 120 valence electrons. The van der Waals surface area contributed by atoms with Gasteiger partial charge in [-0.15, -0.1) is 0 Å². The smallest absolute Gasteiger partial charge is 0.307 e. The Kier molecular flexibility index (Phi) is 3.59. The third-order valence-corrected chi connectivity index (χ3v) is 6.95. The van der Waals surface area contributed by atoms with Crippen LogP contribution >= 0.6 is 0 Å². The van der Waals surface area contributed by atoms with Crippen molar-refractivity contribution in [2.45, 2.75) is 46.1 Å². The van der Waals surface area contributed by atoms with E-state index in [1.807, 2.05) is 30.3 Å². The molecule has 2 saturated carbocycles. The maximum atomic E-state index is 11.9. The van der Waals surface area contributed by atoms with E-state index in [-0.39, 0.29) is 22.7 Å². The Morgan fingerprint density at radius 2 is 1.91 bits per heavy atom. The number of benzene rings is 1. The standard InChI is InChI=1S/C19H26O3/c1-18(2)14-9-10-19(18,3)16(17(21)22)13(14)11-15(20)12-7-5-4-6-8-12/h4-8,13-16,20H,9-11H2,1-3H3,(H,21,22)/t13-,14+,15-,16+,19+/m1/s1. The van der Waals surface area contributed by atoms with Crippen LogP contribution in [-0.2, 0) is 4.79 Å². The quantitative estimate of drug-likeness (QED) is 0.887. The summed E-state index contributed by atoms with van der Waals surface area (Å²) in [6, 6.07) is 9.59. The summed E-state index contributed by atoms with van der Waals surface area (Å²) in [4.78, 5) is 11.9. The van der Waals surface area contributed by atoms with Gasteiger partial charge >= 0.3 is 5.97 Å². The van der Waals surface area contributed by atoms with Gasteiger partial charge in [0.05, 0.1) is 12.0 Å². The topological polar surface area (TPSA) is 57.5 Å². The third-order valence-electron chi connectivity index (χ3n) is 6.95. The van der Waals surface area contributed by atoms with Gasteiger partial charge in [0.1, 0.15) is 0 Å². The molecule has 0 spiro atoms. The summed E-state index contributed by atoms with van der Waals surface area (Å²) in [5, 5.41) is 20.4. The van der Waals surface area contributed by atoms with E-state index in [1.165, 1.54) is 0 Å². The van der Waals surface area contributed by atoms with Crippen molar-refractivity contribution < 1.29 is 15.0 Å². The van der Waals surface area contributed by atoms with E-state index in [0.717, 1.165) is 18.4 Å². The molecule has 2 N–H and O–H groups in total. The number of carbonyl (C=O) groups is 1. The van der Waals surface area contributed by atoms with Gasteiger partial charge in [-0.3, -0.25) is 4.79 Å². The summed E-state index contributed by atoms with van der Waals surface area (Å²) in [7, 11) is 0. The van der Waals surface area contributed by atoms with E-state index >= 15 is 0 Å². The molecule has 1 aromatic carbocycles. The van der Waals surface area contributed by atoms with Crippen LogP contribution in [0.15, 0.2) is 30.3 Å². The van der Waals surface area contributed by atoms with Crippen molar-refractivity contribution in [1.29, 1.82) is 0 Å². The van der Waals surface area contributed by atoms with Gasteiger partial charge in [-0.1, -0.05) is 51.1 Å². The second kappa shape index (κ2) is 5.09. The SMILES string of the molecule is CC1(C)[C@H]2CC[C@@]1(C)[C@H](C(=O)O)[C@@H]2C[C@@H](O)c1ccccc1. The van der Waals surface area contributed by atoms with Crippen molar-refractivity contribution >= 4 is 5.97 Å². The fourth-order valence-electron chi connectivity index (χ4n) is 5.40. The highest BCUT2D eigenvalue weighted by atomic mass is 16.4. The summed E-state index contributed by atoms with van der Waals surface area (Å²) in [5.74, 6) is -0.596. The van der Waals surface area contributed by atoms with Crippen molar-refractivity contribution in [3.8, 4) is 0 Å². The highest BCUT2D eigenvalue weighted by Crippen LogP contribution is 2.71. The summed E-state index contributed by atoms with van der Waals surface area (Å²) >= 11 is 0. The molecule has 2 aliphatic rings. The Morgan fingerprint density at radius 1 is 1.27 bits per heavy atom. The van der Waals surface area contributed by atoms with Crippen LogP contribution in [0.4, 0.5) is 0 Å². The Hall–Kier alpha value is -1.35. The number of aliphatic hydroxyl groups excluding tert-OH is 1. The molecule has 3 nitrogen and oxygen atoms in total. The van der Waals surface area contributed by atoms with E-state index in [9.17, 15) is 15.0 Å². The number of hydrogen-bond acceptors (Lipinski definition) is 2. The normalized spacial score (nSPS) is 37.2. The van der Waals surface area contributed by atoms with E-state index < -0.39 is 12.1 Å². The Labute approximate surface area is 132 Å². The van der Waals surface area contributed by atoms with Crippen LogP contribution in [0.5, 0.6) is 0 Å². The van der Waals surface area contributed by atoms with Crippen molar-refractivity contribution in [2.24, 2.45) is 28.6 Å². The first-order valence-corrected chi connectivity index (χ1v) is 8.25. The molecule has 0 amide bonds. The van der Waals surface area contributed by atoms with Crippen LogP contribution < -0.4 is 0 Å². The molecular formula is C19H26O3. The van der Waals surface area contributed by atoms with Gasteiger partial charge < -0.3 is 10.2 Å². The third kappa shape index (κ3) is 2.02. The molecule has 3 heteroatoms. The fourth-order valence-corrected chi connectivity index (χ4v) is 5.40. The molecule has 1 aromatic rings. The average Bonchev–Trinajstić information content (AvgIpc) is 2.78. The summed E-state index contributed by atoms with van der Waals surface area (Å²) in [5.41, 5.74) is 0.749. The maximum absolute atomic E-state index is 11.9. The summed E-state index contributed by atoms with van der Waals surface area (Å²) in [6.45, 7) is 6.58. The van der Waals surface area contributed by atoms with Gasteiger partial charge in [0.25, 0.3) is 0 Å². The molecule has 2 bridgehead atoms. The minimum atomic E-state index is -0.692. The molecule has 3 rings (SSSR count). The first-order valence-electron chi connectivity index (χ1n) is 8.25. The largest absolute Gasteiger partial charge is 0.481 e. The molecule has 22 heavy (non-hydrogen) atoms. The lowest BCUT2D eigenvalue weighted by molar-refractivity contribution is -0.149. The van der Waals surface area contributed by atoms with Crippen LogP contribution in [0.3, 0.4) is 0 Å². The average molecular weight is 302 g/mol. The molecule has 0 heterocycles. The maximum Gasteiger partial charge on any atom is 0.307 e. The number of aliphatic carboxylic acids is 1. The second-order valence-electron chi connectivity index (χ2n) is 7.93. The molecule has 2 fully saturated rings. The van der Waals surface area contributed by atoms with Crippen molar-refractivity contribution in [2.75, 3.05) is 0 Å². The molecular weight excluding hydrogens is 276 g/mol. The Morgan fingerprint density at radius 3 is 2.50 bits per heavy atom. The van der Waals surface area contributed by atoms with E-state index in [1.54, 1.807) is 0 Å². The molecule has 0 saturated heterocycles. The fraction of sp³-hybridized carbons (Fsp3) is 0.632. The van der Waals surface area contributed by atoms with E-state index in [0.29, 0.717) is 12.3 Å². The summed E-state index contributed by atoms with van der Waals surface area (Å²) in [6.07, 6.45) is 2.04. The Bertz CT molecular complexity index is 565. The van der Waals surface area contributed by atoms with Crippen LogP contribution in [0.25, 0.3) is 0 Å².